The van der Waals surface area contributed by atoms with Gasteiger partial charge in [-0.1, -0.05) is 0 Å². The van der Waals surface area contributed by atoms with Crippen molar-refractivity contribution in [2.75, 3.05) is 12.3 Å². The number of hydrogen-bond acceptors (Lipinski definition) is 5. The third-order valence-corrected chi connectivity index (χ3v) is 2.21. The Morgan fingerprint density at radius 3 is 2.72 bits per heavy atom. The van der Waals surface area contributed by atoms with E-state index in [0.29, 0.717) is 11.4 Å². The van der Waals surface area contributed by atoms with Crippen LogP contribution in [-0.4, -0.2) is 39.7 Å². The third-order valence-electron chi connectivity index (χ3n) is 2.21. The molecule has 18 heavy (non-hydrogen) atoms. The van der Waals surface area contributed by atoms with E-state index in [1.54, 1.807) is 12.1 Å². The molecule has 0 spiro atoms. The number of aromatic nitrogens is 1. The van der Waals surface area contributed by atoms with Crippen molar-refractivity contribution in [3.63, 3.8) is 0 Å². The van der Waals surface area contributed by atoms with Crippen LogP contribution in [0.3, 0.4) is 0 Å². The first-order chi connectivity index (χ1) is 8.49. The summed E-state index contributed by atoms with van der Waals surface area (Å²) < 4.78 is 0. The molecule has 0 saturated carbocycles. The van der Waals surface area contributed by atoms with Crippen molar-refractivity contribution in [1.29, 1.82) is 0 Å². The SMILES string of the molecule is Nc1ccc(CC(=O)NCCC(O)C(=O)O)nc1. The topological polar surface area (TPSA) is 126 Å². The molecule has 0 aliphatic carbocycles. The average Bonchev–Trinajstić information content (AvgIpc) is 2.32. The summed E-state index contributed by atoms with van der Waals surface area (Å²) in [5, 5.41) is 19.9. The Morgan fingerprint density at radius 1 is 1.44 bits per heavy atom. The summed E-state index contributed by atoms with van der Waals surface area (Å²) in [5.41, 5.74) is 6.54. The number of hydrogen-bond donors (Lipinski definition) is 4. The number of nitrogens with zero attached hydrogens (tertiary/aromatic N) is 1. The Hall–Kier alpha value is -2.15. The lowest BCUT2D eigenvalue weighted by Crippen LogP contribution is -2.31. The lowest BCUT2D eigenvalue weighted by molar-refractivity contribution is -0.147. The van der Waals surface area contributed by atoms with Gasteiger partial charge in [0.15, 0.2) is 6.10 Å². The third kappa shape index (κ3) is 4.79. The number of carboxylic acids is 1. The van der Waals surface area contributed by atoms with E-state index in [1.807, 2.05) is 0 Å². The second-order valence-corrected chi connectivity index (χ2v) is 3.75. The highest BCUT2D eigenvalue weighted by atomic mass is 16.4. The normalized spacial score (nSPS) is 11.8. The number of carbonyl (C=O) groups excluding carboxylic acids is 1. The molecule has 0 radical (unpaired) electrons. The van der Waals surface area contributed by atoms with Crippen molar-refractivity contribution in [2.24, 2.45) is 0 Å². The summed E-state index contributed by atoms with van der Waals surface area (Å²) in [6, 6.07) is 3.28. The molecule has 1 rings (SSSR count). The van der Waals surface area contributed by atoms with Crippen molar-refractivity contribution in [2.45, 2.75) is 18.9 Å². The zero-order chi connectivity index (χ0) is 13.5. The second-order valence-electron chi connectivity index (χ2n) is 3.75. The van der Waals surface area contributed by atoms with Gasteiger partial charge in [0, 0.05) is 18.7 Å². The summed E-state index contributed by atoms with van der Waals surface area (Å²) in [6.07, 6.45) is 0.0520. The predicted molar refractivity (Wildman–Crippen MR) is 63.6 cm³/mol. The van der Waals surface area contributed by atoms with E-state index in [2.05, 4.69) is 10.3 Å². The Bertz CT molecular complexity index is 419. The molecule has 0 aromatic carbocycles. The molecule has 0 bridgehead atoms. The number of anilines is 1. The van der Waals surface area contributed by atoms with Crippen LogP contribution in [0.25, 0.3) is 0 Å². The first kappa shape index (κ1) is 13.9. The lowest BCUT2D eigenvalue weighted by atomic mass is 10.2. The quantitative estimate of drug-likeness (QED) is 0.523. The minimum atomic E-state index is -1.46. The Balaban J connectivity index is 2.30. The van der Waals surface area contributed by atoms with Gasteiger partial charge in [0.25, 0.3) is 0 Å². The van der Waals surface area contributed by atoms with Crippen molar-refractivity contribution in [3.05, 3.63) is 24.0 Å². The molecular formula is C11H15N3O4. The fraction of sp³-hybridized carbons (Fsp3) is 0.364. The van der Waals surface area contributed by atoms with E-state index < -0.39 is 12.1 Å². The summed E-state index contributed by atoms with van der Waals surface area (Å²) in [7, 11) is 0. The molecule has 1 atom stereocenters. The van der Waals surface area contributed by atoms with E-state index in [-0.39, 0.29) is 25.3 Å². The largest absolute Gasteiger partial charge is 0.479 e. The molecule has 5 N–H and O–H groups in total. The maximum Gasteiger partial charge on any atom is 0.332 e. The molecule has 1 amide bonds. The first-order valence-corrected chi connectivity index (χ1v) is 5.37. The smallest absolute Gasteiger partial charge is 0.332 e. The highest BCUT2D eigenvalue weighted by Crippen LogP contribution is 2.01. The summed E-state index contributed by atoms with van der Waals surface area (Å²) >= 11 is 0. The Kier molecular flexibility index (Phi) is 5.06. The fourth-order valence-electron chi connectivity index (χ4n) is 1.24. The summed E-state index contributed by atoms with van der Waals surface area (Å²) in [4.78, 5) is 25.7. The van der Waals surface area contributed by atoms with Crippen LogP contribution in [0, 0.1) is 0 Å². The minimum absolute atomic E-state index is 0.0315. The van der Waals surface area contributed by atoms with Gasteiger partial charge in [-0.05, 0) is 12.1 Å². The van der Waals surface area contributed by atoms with E-state index in [4.69, 9.17) is 15.9 Å². The van der Waals surface area contributed by atoms with E-state index in [9.17, 15) is 9.59 Å². The monoisotopic (exact) mass is 253 g/mol. The van der Waals surface area contributed by atoms with Crippen molar-refractivity contribution in [1.82, 2.24) is 10.3 Å². The molecule has 98 valence electrons. The van der Waals surface area contributed by atoms with Gasteiger partial charge in [-0.25, -0.2) is 4.79 Å². The zero-order valence-electron chi connectivity index (χ0n) is 9.67. The molecule has 1 aromatic rings. The molecule has 0 saturated heterocycles. The minimum Gasteiger partial charge on any atom is -0.479 e. The van der Waals surface area contributed by atoms with Crippen LogP contribution in [0.2, 0.25) is 0 Å². The highest BCUT2D eigenvalue weighted by molar-refractivity contribution is 5.78. The van der Waals surface area contributed by atoms with Gasteiger partial charge in [0.2, 0.25) is 5.91 Å². The van der Waals surface area contributed by atoms with Crippen LogP contribution in [0.5, 0.6) is 0 Å². The van der Waals surface area contributed by atoms with Crippen molar-refractivity contribution >= 4 is 17.6 Å². The summed E-state index contributed by atoms with van der Waals surface area (Å²) in [6.45, 7) is 0.0985. The van der Waals surface area contributed by atoms with Crippen LogP contribution in [0.4, 0.5) is 5.69 Å². The number of carboxylic acid groups (broad SMARTS) is 1. The second kappa shape index (κ2) is 6.55. The van der Waals surface area contributed by atoms with E-state index in [1.165, 1.54) is 6.20 Å². The van der Waals surface area contributed by atoms with Crippen LogP contribution in [0.1, 0.15) is 12.1 Å². The van der Waals surface area contributed by atoms with Gasteiger partial charge in [0.05, 0.1) is 18.3 Å². The predicted octanol–water partition coefficient (Wildman–Crippen LogP) is -0.842. The number of nitrogen functional groups attached to an aromatic ring is 1. The van der Waals surface area contributed by atoms with Gasteiger partial charge >= 0.3 is 5.97 Å². The Morgan fingerprint density at radius 2 is 2.17 bits per heavy atom. The summed E-state index contributed by atoms with van der Waals surface area (Å²) in [5.74, 6) is -1.59. The highest BCUT2D eigenvalue weighted by Gasteiger charge is 2.13. The fourth-order valence-corrected chi connectivity index (χ4v) is 1.24. The van der Waals surface area contributed by atoms with Crippen molar-refractivity contribution in [3.8, 4) is 0 Å². The molecule has 1 unspecified atom stereocenters. The molecule has 0 fully saturated rings. The number of amides is 1. The van der Waals surface area contributed by atoms with E-state index in [0.717, 1.165) is 0 Å². The molecule has 7 heteroatoms. The molecule has 0 aliphatic rings. The molecule has 0 aliphatic heterocycles. The van der Waals surface area contributed by atoms with Gasteiger partial charge in [-0.15, -0.1) is 0 Å². The van der Waals surface area contributed by atoms with Crippen LogP contribution in [0.15, 0.2) is 18.3 Å². The molecule has 1 heterocycles. The van der Waals surface area contributed by atoms with Crippen LogP contribution >= 0.6 is 0 Å². The number of aliphatic hydroxyl groups is 1. The average molecular weight is 253 g/mol. The number of aliphatic hydroxyl groups excluding tert-OH is 1. The molecule has 1 aromatic heterocycles. The first-order valence-electron chi connectivity index (χ1n) is 5.37. The van der Waals surface area contributed by atoms with E-state index >= 15 is 0 Å². The number of nitrogens with one attached hydrogen (secondary N) is 1. The van der Waals surface area contributed by atoms with Gasteiger partial charge in [0.1, 0.15) is 0 Å². The van der Waals surface area contributed by atoms with Gasteiger partial charge < -0.3 is 21.3 Å². The number of pyridine rings is 1. The number of carbonyl (C=O) groups is 2. The zero-order valence-corrected chi connectivity index (χ0v) is 9.67. The lowest BCUT2D eigenvalue weighted by Gasteiger charge is -2.07. The Labute approximate surface area is 104 Å². The number of nitrogens with two attached hydrogens (primary N) is 1. The maximum absolute atomic E-state index is 11.4. The standard InChI is InChI=1S/C11H15N3O4/c12-7-1-2-8(14-6-7)5-10(16)13-4-3-9(15)11(17)18/h1-2,6,9,15H,3-5,12H2,(H,13,16)(H,17,18). The van der Waals surface area contributed by atoms with Gasteiger partial charge in [-0.3, -0.25) is 9.78 Å². The van der Waals surface area contributed by atoms with Gasteiger partial charge in [-0.2, -0.15) is 0 Å². The maximum atomic E-state index is 11.4. The number of aliphatic carboxylic acids is 1. The van der Waals surface area contributed by atoms with Crippen LogP contribution in [-0.2, 0) is 16.0 Å². The molecular weight excluding hydrogens is 238 g/mol. The van der Waals surface area contributed by atoms with Crippen LogP contribution < -0.4 is 11.1 Å². The molecule has 7 nitrogen and oxygen atoms in total. The van der Waals surface area contributed by atoms with Crippen molar-refractivity contribution < 1.29 is 19.8 Å². The number of rotatable bonds is 6.